The molecule has 0 bridgehead atoms. The number of alkyl halides is 3. The van der Waals surface area contributed by atoms with Gasteiger partial charge in [0.2, 0.25) is 0 Å². The van der Waals surface area contributed by atoms with Crippen LogP contribution in [0, 0.1) is 5.41 Å². The molecular formula is C8H12F3NO. The maximum Gasteiger partial charge on any atom is 0.402 e. The molecule has 0 radical (unpaired) electrons. The number of rotatable bonds is 2. The van der Waals surface area contributed by atoms with E-state index < -0.39 is 17.4 Å². The fourth-order valence-electron chi connectivity index (χ4n) is 1.67. The monoisotopic (exact) mass is 195 g/mol. The van der Waals surface area contributed by atoms with E-state index >= 15 is 0 Å². The van der Waals surface area contributed by atoms with Crippen LogP contribution in [0.25, 0.3) is 0 Å². The van der Waals surface area contributed by atoms with E-state index in [1.165, 1.54) is 6.92 Å². The minimum atomic E-state index is -4.41. The molecule has 1 rings (SSSR count). The molecule has 1 fully saturated rings. The van der Waals surface area contributed by atoms with Gasteiger partial charge in [-0.1, -0.05) is 6.92 Å². The largest absolute Gasteiger partial charge is 0.402 e. The lowest BCUT2D eigenvalue weighted by atomic mass is 9.80. The van der Waals surface area contributed by atoms with Crippen molar-refractivity contribution in [3.05, 3.63) is 0 Å². The quantitative estimate of drug-likeness (QED) is 0.723. The summed E-state index contributed by atoms with van der Waals surface area (Å²) < 4.78 is 37.8. The van der Waals surface area contributed by atoms with Crippen molar-refractivity contribution in [1.82, 2.24) is 5.32 Å². The fourth-order valence-corrected chi connectivity index (χ4v) is 1.67. The number of halogens is 3. The van der Waals surface area contributed by atoms with Crippen molar-refractivity contribution in [1.29, 1.82) is 0 Å². The van der Waals surface area contributed by atoms with Crippen LogP contribution in [0.3, 0.4) is 0 Å². The van der Waals surface area contributed by atoms with Gasteiger partial charge in [-0.15, -0.1) is 0 Å². The summed E-state index contributed by atoms with van der Waals surface area (Å²) in [6, 6.07) is 0. The molecule has 1 atom stereocenters. The van der Waals surface area contributed by atoms with E-state index in [0.717, 1.165) is 0 Å². The maximum atomic E-state index is 12.6. The van der Waals surface area contributed by atoms with E-state index in [-0.39, 0.29) is 25.9 Å². The van der Waals surface area contributed by atoms with Gasteiger partial charge in [-0.3, -0.25) is 4.79 Å². The molecule has 0 spiro atoms. The van der Waals surface area contributed by atoms with E-state index in [1.54, 1.807) is 0 Å². The molecular weight excluding hydrogens is 183 g/mol. The topological polar surface area (TPSA) is 29.1 Å². The number of Topliss-reactive ketones (excluding diaryl/α,β-unsaturated/α-hetero) is 1. The Morgan fingerprint density at radius 3 is 2.46 bits per heavy atom. The number of carbonyl (C=O) groups is 1. The summed E-state index contributed by atoms with van der Waals surface area (Å²) in [6.45, 7) is 1.47. The zero-order valence-electron chi connectivity index (χ0n) is 7.37. The molecule has 13 heavy (non-hydrogen) atoms. The van der Waals surface area contributed by atoms with Gasteiger partial charge in [0, 0.05) is 13.0 Å². The van der Waals surface area contributed by atoms with Crippen LogP contribution in [-0.2, 0) is 4.79 Å². The summed E-state index contributed by atoms with van der Waals surface area (Å²) in [5.74, 6) is -0.704. The van der Waals surface area contributed by atoms with Gasteiger partial charge in [0.05, 0.1) is 0 Å². The van der Waals surface area contributed by atoms with Crippen molar-refractivity contribution in [2.75, 3.05) is 13.1 Å². The van der Waals surface area contributed by atoms with E-state index in [9.17, 15) is 18.0 Å². The van der Waals surface area contributed by atoms with E-state index in [2.05, 4.69) is 5.32 Å². The summed E-state index contributed by atoms with van der Waals surface area (Å²) in [7, 11) is 0. The highest BCUT2D eigenvalue weighted by Crippen LogP contribution is 2.44. The Balaban J connectivity index is 2.94. The molecule has 0 aliphatic carbocycles. The predicted octanol–water partition coefficient (Wildman–Crippen LogP) is 1.51. The SMILES string of the molecule is CCC(=O)C1(C(F)(F)F)CCNC1. The minimum absolute atomic E-state index is 0.0544. The zero-order valence-corrected chi connectivity index (χ0v) is 7.37. The first-order valence-corrected chi connectivity index (χ1v) is 4.25. The molecule has 0 saturated carbocycles. The molecule has 1 aliphatic rings. The van der Waals surface area contributed by atoms with Crippen molar-refractivity contribution < 1.29 is 18.0 Å². The van der Waals surface area contributed by atoms with Gasteiger partial charge >= 0.3 is 6.18 Å². The molecule has 0 aromatic heterocycles. The molecule has 1 N–H and O–H groups in total. The molecule has 1 aliphatic heterocycles. The lowest BCUT2D eigenvalue weighted by molar-refractivity contribution is -0.214. The summed E-state index contributed by atoms with van der Waals surface area (Å²) in [6.07, 6.45) is -4.59. The van der Waals surface area contributed by atoms with E-state index in [1.807, 2.05) is 0 Å². The Labute approximate surface area is 74.5 Å². The Morgan fingerprint density at radius 1 is 1.54 bits per heavy atom. The van der Waals surface area contributed by atoms with Crippen LogP contribution < -0.4 is 5.32 Å². The average molecular weight is 195 g/mol. The van der Waals surface area contributed by atoms with Crippen LogP contribution in [0.15, 0.2) is 0 Å². The van der Waals surface area contributed by atoms with Gasteiger partial charge in [-0.2, -0.15) is 13.2 Å². The molecule has 1 unspecified atom stereocenters. The molecule has 76 valence electrons. The standard InChI is InChI=1S/C8H12F3NO/c1-2-6(13)7(8(9,10)11)3-4-12-5-7/h12H,2-5H2,1H3. The third-order valence-corrected chi connectivity index (χ3v) is 2.55. The smallest absolute Gasteiger partial charge is 0.315 e. The number of hydrogen-bond acceptors (Lipinski definition) is 2. The number of ketones is 1. The lowest BCUT2D eigenvalue weighted by Gasteiger charge is -2.28. The molecule has 0 aromatic rings. The Morgan fingerprint density at radius 2 is 2.15 bits per heavy atom. The van der Waals surface area contributed by atoms with Gasteiger partial charge in [-0.25, -0.2) is 0 Å². The fraction of sp³-hybridized carbons (Fsp3) is 0.875. The van der Waals surface area contributed by atoms with Crippen LogP contribution in [0.4, 0.5) is 13.2 Å². The number of carbonyl (C=O) groups excluding carboxylic acids is 1. The second-order valence-electron chi connectivity index (χ2n) is 3.28. The average Bonchev–Trinajstić information content (AvgIpc) is 2.50. The second-order valence-corrected chi connectivity index (χ2v) is 3.28. The molecule has 1 saturated heterocycles. The first-order chi connectivity index (χ1) is 5.94. The van der Waals surface area contributed by atoms with Gasteiger partial charge in [0.15, 0.2) is 0 Å². The summed E-state index contributed by atoms with van der Waals surface area (Å²) in [4.78, 5) is 11.2. The van der Waals surface area contributed by atoms with Crippen molar-refractivity contribution in [2.45, 2.75) is 25.9 Å². The van der Waals surface area contributed by atoms with E-state index in [4.69, 9.17) is 0 Å². The van der Waals surface area contributed by atoms with Crippen LogP contribution in [0.1, 0.15) is 19.8 Å². The minimum Gasteiger partial charge on any atom is -0.315 e. The Bertz CT molecular complexity index is 206. The van der Waals surface area contributed by atoms with Gasteiger partial charge in [0.1, 0.15) is 11.2 Å². The van der Waals surface area contributed by atoms with Crippen molar-refractivity contribution in [3.8, 4) is 0 Å². The highest BCUT2D eigenvalue weighted by atomic mass is 19.4. The van der Waals surface area contributed by atoms with Crippen molar-refractivity contribution in [2.24, 2.45) is 5.41 Å². The lowest BCUT2D eigenvalue weighted by Crippen LogP contribution is -2.46. The van der Waals surface area contributed by atoms with Gasteiger partial charge in [0.25, 0.3) is 0 Å². The number of hydrogen-bond donors (Lipinski definition) is 1. The molecule has 0 aromatic carbocycles. The first-order valence-electron chi connectivity index (χ1n) is 4.25. The Kier molecular flexibility index (Phi) is 2.66. The third-order valence-electron chi connectivity index (χ3n) is 2.55. The summed E-state index contributed by atoms with van der Waals surface area (Å²) in [5.41, 5.74) is -2.11. The van der Waals surface area contributed by atoms with Crippen molar-refractivity contribution >= 4 is 5.78 Å². The highest BCUT2D eigenvalue weighted by Gasteiger charge is 2.60. The van der Waals surface area contributed by atoms with Crippen LogP contribution >= 0.6 is 0 Å². The zero-order chi connectivity index (χ0) is 10.1. The molecule has 5 heteroatoms. The maximum absolute atomic E-state index is 12.6. The Hall–Kier alpha value is -0.580. The van der Waals surface area contributed by atoms with Crippen LogP contribution in [-0.4, -0.2) is 25.0 Å². The predicted molar refractivity (Wildman–Crippen MR) is 41.3 cm³/mol. The van der Waals surface area contributed by atoms with Crippen LogP contribution in [0.2, 0.25) is 0 Å². The molecule has 1 heterocycles. The van der Waals surface area contributed by atoms with Gasteiger partial charge < -0.3 is 5.32 Å². The van der Waals surface area contributed by atoms with E-state index in [0.29, 0.717) is 0 Å². The number of nitrogens with one attached hydrogen (secondary N) is 1. The third kappa shape index (κ3) is 1.57. The van der Waals surface area contributed by atoms with Crippen molar-refractivity contribution in [3.63, 3.8) is 0 Å². The molecule has 2 nitrogen and oxygen atoms in total. The summed E-state index contributed by atoms with van der Waals surface area (Å²) >= 11 is 0. The normalized spacial score (nSPS) is 29.2. The van der Waals surface area contributed by atoms with Gasteiger partial charge in [-0.05, 0) is 13.0 Å². The first kappa shape index (κ1) is 10.5. The summed E-state index contributed by atoms with van der Waals surface area (Å²) in [5, 5.41) is 2.59. The molecule has 0 amide bonds. The van der Waals surface area contributed by atoms with Crippen LogP contribution in [0.5, 0.6) is 0 Å². The second kappa shape index (κ2) is 3.29. The highest BCUT2D eigenvalue weighted by molar-refractivity contribution is 5.86.